The molecule has 41 heavy (non-hydrogen) atoms. The van der Waals surface area contributed by atoms with Crippen LogP contribution < -0.4 is 24.9 Å². The van der Waals surface area contributed by atoms with Crippen molar-refractivity contribution in [1.82, 2.24) is 9.13 Å². The molecule has 3 aromatic carbocycles. The average molecular weight is 561 g/mol. The molecule has 0 aliphatic carbocycles. The topological polar surface area (TPSA) is 77.6 Å². The Kier molecular flexibility index (Phi) is 6.99. The first-order valence-electron chi connectivity index (χ1n) is 13.2. The van der Waals surface area contributed by atoms with Gasteiger partial charge < -0.3 is 14.6 Å². The number of hydrogen-bond donors (Lipinski definition) is 1. The van der Waals surface area contributed by atoms with Gasteiger partial charge in [0.15, 0.2) is 4.80 Å². The van der Waals surface area contributed by atoms with Crippen LogP contribution in [0.2, 0.25) is 0 Å². The van der Waals surface area contributed by atoms with Gasteiger partial charge in [0.1, 0.15) is 5.75 Å². The van der Waals surface area contributed by atoms with Crippen LogP contribution in [-0.2, 0) is 11.3 Å². The SMILES string of the molecule is C=CCn1cc(/C=c2/sc3n(c2=O)C(c2cccc(OC)c2)C(C(=O)Nc2ccccc2)=C(C)N=3)c2ccccc21. The number of carbonyl (C=O) groups excluding carboxylic acids is 1. The number of allylic oxidation sites excluding steroid dienone is 2. The number of para-hydroxylation sites is 2. The molecule has 0 saturated carbocycles. The molecule has 1 aliphatic heterocycles. The number of amides is 1. The lowest BCUT2D eigenvalue weighted by atomic mass is 9.95. The third-order valence-electron chi connectivity index (χ3n) is 7.14. The molecule has 0 saturated heterocycles. The molecule has 204 valence electrons. The number of ether oxygens (including phenoxy) is 1. The van der Waals surface area contributed by atoms with Gasteiger partial charge in [0.2, 0.25) is 0 Å². The molecule has 7 nitrogen and oxygen atoms in total. The fraction of sp³-hybridized carbons (Fsp3) is 0.121. The fourth-order valence-electron chi connectivity index (χ4n) is 5.28. The molecule has 1 N–H and O–H groups in total. The normalized spacial score (nSPS) is 15.0. The standard InChI is InChI=1S/C33H28N4O3S/c1-4-17-36-20-23(26-15-8-9-16-27(26)36)19-28-32(39)37-30(22-11-10-14-25(18-22)40-3)29(21(2)34-33(37)41-28)31(38)35-24-12-6-5-7-13-24/h4-16,18-20,30H,1,17H2,2-3H3,(H,35,38)/b28-19+. The van der Waals surface area contributed by atoms with Crippen LogP contribution in [0.25, 0.3) is 17.0 Å². The molecule has 0 bridgehead atoms. The molecule has 0 spiro atoms. The van der Waals surface area contributed by atoms with Gasteiger partial charge in [-0.1, -0.05) is 65.9 Å². The van der Waals surface area contributed by atoms with Gasteiger partial charge in [-0.25, -0.2) is 4.99 Å². The second kappa shape index (κ2) is 10.9. The van der Waals surface area contributed by atoms with Gasteiger partial charge in [-0.3, -0.25) is 14.2 Å². The molecule has 1 amide bonds. The van der Waals surface area contributed by atoms with E-state index in [0.29, 0.717) is 38.6 Å². The summed E-state index contributed by atoms with van der Waals surface area (Å²) >= 11 is 1.32. The summed E-state index contributed by atoms with van der Waals surface area (Å²) in [5, 5.41) is 4.03. The Balaban J connectivity index is 1.54. The maximum absolute atomic E-state index is 14.1. The highest BCUT2D eigenvalue weighted by Crippen LogP contribution is 2.32. The molecular weight excluding hydrogens is 532 g/mol. The van der Waals surface area contributed by atoms with E-state index in [1.54, 1.807) is 11.7 Å². The van der Waals surface area contributed by atoms with Crippen LogP contribution in [0.1, 0.15) is 24.1 Å². The van der Waals surface area contributed by atoms with Gasteiger partial charge >= 0.3 is 0 Å². The zero-order valence-corrected chi connectivity index (χ0v) is 23.5. The van der Waals surface area contributed by atoms with Gasteiger partial charge in [-0.05, 0) is 48.9 Å². The number of fused-ring (bicyclic) bond motifs is 2. The zero-order valence-electron chi connectivity index (χ0n) is 22.7. The Morgan fingerprint density at radius 3 is 2.66 bits per heavy atom. The van der Waals surface area contributed by atoms with Crippen molar-refractivity contribution < 1.29 is 9.53 Å². The van der Waals surface area contributed by atoms with E-state index in [-0.39, 0.29) is 11.5 Å². The Bertz CT molecular complexity index is 2010. The number of anilines is 1. The minimum absolute atomic E-state index is 0.209. The van der Waals surface area contributed by atoms with Crippen molar-refractivity contribution in [1.29, 1.82) is 0 Å². The van der Waals surface area contributed by atoms with Gasteiger partial charge in [-0.2, -0.15) is 0 Å². The maximum Gasteiger partial charge on any atom is 0.271 e. The molecule has 0 radical (unpaired) electrons. The summed E-state index contributed by atoms with van der Waals surface area (Å²) in [7, 11) is 1.59. The monoisotopic (exact) mass is 560 g/mol. The van der Waals surface area contributed by atoms with Crippen molar-refractivity contribution in [2.45, 2.75) is 19.5 Å². The van der Waals surface area contributed by atoms with Gasteiger partial charge in [0.25, 0.3) is 11.5 Å². The molecule has 5 aromatic rings. The van der Waals surface area contributed by atoms with Crippen molar-refractivity contribution in [2.24, 2.45) is 4.99 Å². The fourth-order valence-corrected chi connectivity index (χ4v) is 6.32. The Morgan fingerprint density at radius 2 is 1.88 bits per heavy atom. The van der Waals surface area contributed by atoms with Crippen molar-refractivity contribution in [3.05, 3.63) is 140 Å². The summed E-state index contributed by atoms with van der Waals surface area (Å²) in [6, 6.07) is 24.1. The summed E-state index contributed by atoms with van der Waals surface area (Å²) < 4.78 is 9.76. The lowest BCUT2D eigenvalue weighted by Gasteiger charge is -2.25. The first-order chi connectivity index (χ1) is 20.0. The molecule has 6 rings (SSSR count). The van der Waals surface area contributed by atoms with Gasteiger partial charge in [-0.15, -0.1) is 6.58 Å². The summed E-state index contributed by atoms with van der Waals surface area (Å²) in [6.07, 6.45) is 5.80. The van der Waals surface area contributed by atoms with E-state index in [2.05, 4.69) is 22.5 Å². The van der Waals surface area contributed by atoms with Crippen LogP contribution in [0.4, 0.5) is 5.69 Å². The number of hydrogen-bond acceptors (Lipinski definition) is 5. The highest BCUT2D eigenvalue weighted by atomic mass is 32.1. The van der Waals surface area contributed by atoms with Crippen molar-refractivity contribution in [3.63, 3.8) is 0 Å². The number of methoxy groups -OCH3 is 1. The summed E-state index contributed by atoms with van der Waals surface area (Å²) in [5.41, 5.74) is 4.17. The van der Waals surface area contributed by atoms with E-state index < -0.39 is 6.04 Å². The van der Waals surface area contributed by atoms with Gasteiger partial charge in [0, 0.05) is 34.9 Å². The zero-order chi connectivity index (χ0) is 28.5. The largest absolute Gasteiger partial charge is 0.497 e. The molecule has 8 heteroatoms. The van der Waals surface area contributed by atoms with Crippen molar-refractivity contribution in [2.75, 3.05) is 12.4 Å². The lowest BCUT2D eigenvalue weighted by Crippen LogP contribution is -2.40. The number of rotatable bonds is 7. The Hall–Kier alpha value is -4.95. The van der Waals surface area contributed by atoms with Crippen LogP contribution in [0.5, 0.6) is 5.75 Å². The number of carbonyl (C=O) groups is 1. The van der Waals surface area contributed by atoms with E-state index in [9.17, 15) is 9.59 Å². The summed E-state index contributed by atoms with van der Waals surface area (Å²) in [6.45, 7) is 6.35. The van der Waals surface area contributed by atoms with Crippen LogP contribution in [-0.4, -0.2) is 22.2 Å². The Morgan fingerprint density at radius 1 is 1.10 bits per heavy atom. The van der Waals surface area contributed by atoms with Crippen LogP contribution >= 0.6 is 11.3 Å². The first kappa shape index (κ1) is 26.3. The van der Waals surface area contributed by atoms with Crippen LogP contribution in [0.15, 0.2) is 119 Å². The summed E-state index contributed by atoms with van der Waals surface area (Å²) in [4.78, 5) is 33.2. The maximum atomic E-state index is 14.1. The third kappa shape index (κ3) is 4.83. The van der Waals surface area contributed by atoms with Crippen molar-refractivity contribution >= 4 is 39.9 Å². The molecule has 0 fully saturated rings. The lowest BCUT2D eigenvalue weighted by molar-refractivity contribution is -0.113. The predicted molar refractivity (Wildman–Crippen MR) is 164 cm³/mol. The van der Waals surface area contributed by atoms with Crippen LogP contribution in [0.3, 0.4) is 0 Å². The van der Waals surface area contributed by atoms with E-state index in [1.807, 2.05) is 98.1 Å². The number of thiazole rings is 1. The van der Waals surface area contributed by atoms with Crippen molar-refractivity contribution in [3.8, 4) is 5.75 Å². The van der Waals surface area contributed by atoms with Gasteiger partial charge in [0.05, 0.1) is 29.0 Å². The highest BCUT2D eigenvalue weighted by molar-refractivity contribution is 7.07. The first-order valence-corrected chi connectivity index (χ1v) is 14.0. The van der Waals surface area contributed by atoms with E-state index in [4.69, 9.17) is 9.73 Å². The number of aromatic nitrogens is 2. The summed E-state index contributed by atoms with van der Waals surface area (Å²) in [5.74, 6) is 0.323. The smallest absolute Gasteiger partial charge is 0.271 e. The molecule has 1 aliphatic rings. The minimum atomic E-state index is -0.686. The van der Waals surface area contributed by atoms with E-state index in [0.717, 1.165) is 22.0 Å². The molecule has 1 unspecified atom stereocenters. The highest BCUT2D eigenvalue weighted by Gasteiger charge is 2.32. The average Bonchev–Trinajstić information content (AvgIpc) is 3.49. The number of benzene rings is 3. The molecule has 1 atom stereocenters. The van der Waals surface area contributed by atoms with E-state index in [1.165, 1.54) is 11.3 Å². The molecular formula is C33H28N4O3S. The minimum Gasteiger partial charge on any atom is -0.497 e. The van der Waals surface area contributed by atoms with E-state index >= 15 is 0 Å². The second-order valence-corrected chi connectivity index (χ2v) is 10.7. The number of nitrogens with one attached hydrogen (secondary N) is 1. The number of nitrogens with zero attached hydrogens (tertiary/aromatic N) is 3. The van der Waals surface area contributed by atoms with Crippen LogP contribution in [0, 0.1) is 0 Å². The third-order valence-corrected chi connectivity index (χ3v) is 8.12. The molecule has 3 heterocycles. The quantitative estimate of drug-likeness (QED) is 0.284. The molecule has 2 aromatic heterocycles. The Labute approximate surface area is 240 Å². The predicted octanol–water partition coefficient (Wildman–Crippen LogP) is 5.02. The second-order valence-electron chi connectivity index (χ2n) is 9.72.